The van der Waals surface area contributed by atoms with Gasteiger partial charge in [0.05, 0.1) is 50.8 Å². The van der Waals surface area contributed by atoms with Crippen LogP contribution >= 0.6 is 0 Å². The molecule has 2 unspecified atom stereocenters. The van der Waals surface area contributed by atoms with Gasteiger partial charge in [-0.2, -0.15) is 0 Å². The zero-order chi connectivity index (χ0) is 48.2. The topological polar surface area (TPSA) is 196 Å². The van der Waals surface area contributed by atoms with Crippen LogP contribution in [0.5, 0.6) is 0 Å². The monoisotopic (exact) mass is 917 g/mol. The highest BCUT2D eigenvalue weighted by Gasteiger charge is 2.38. The molecule has 366 valence electrons. The molecule has 2 fully saturated rings. The van der Waals surface area contributed by atoms with E-state index in [0.29, 0.717) is 45.7 Å². The van der Waals surface area contributed by atoms with Gasteiger partial charge < -0.3 is 58.4 Å². The first-order valence-electron chi connectivity index (χ1n) is 22.7. The molecule has 16 nitrogen and oxygen atoms in total. The van der Waals surface area contributed by atoms with Crippen LogP contribution in [0.1, 0.15) is 93.2 Å². The summed E-state index contributed by atoms with van der Waals surface area (Å²) < 4.78 is 51.3. The van der Waals surface area contributed by atoms with Crippen molar-refractivity contribution in [1.29, 1.82) is 0 Å². The number of methoxy groups -OCH3 is 1. The number of benzene rings is 2. The first-order valence-corrected chi connectivity index (χ1v) is 22.7. The van der Waals surface area contributed by atoms with Crippen LogP contribution < -0.4 is 10.6 Å². The summed E-state index contributed by atoms with van der Waals surface area (Å²) in [5.74, 6) is -1.32. The maximum atomic E-state index is 12.8. The van der Waals surface area contributed by atoms with Crippen LogP contribution in [0.25, 0.3) is 0 Å². The minimum Gasteiger partial charge on any atom is -0.458 e. The third kappa shape index (κ3) is 21.7. The zero-order valence-corrected chi connectivity index (χ0v) is 40.4. The number of esters is 2. The van der Waals surface area contributed by atoms with Gasteiger partial charge in [-0.1, -0.05) is 60.7 Å². The fourth-order valence-corrected chi connectivity index (χ4v) is 7.12. The number of hydrogen-bond acceptors (Lipinski definition) is 14. The van der Waals surface area contributed by atoms with Gasteiger partial charge in [0.15, 0.2) is 12.1 Å². The van der Waals surface area contributed by atoms with E-state index in [0.717, 1.165) is 17.5 Å². The standard InChI is InChI=1S/C25H39NO7.C24H37NO7/c1-17(29-6)12-13-31-22-18(2)32-23(27)21(26-24(28)33-25(3,4)5)16-30-15-20(22)14-19-10-8-7-9-11-19;1-16(26)11-12-30-21-17(2)31-22(27)20(25-23(28)32-24(3,4)5)15-29-14-19(21)13-18-9-7-6-8-10-18/h7-11,17-18,20-22H,12-16H2,1-6H3,(H,26,28);6-10,16-17,19-21,26H,11-15H2,1-5H3,(H,25,28)/t17?,18-,20-,21-,22-;16?,17-,19-,20-,21-/m00/s1. The van der Waals surface area contributed by atoms with Gasteiger partial charge in [0.25, 0.3) is 0 Å². The summed E-state index contributed by atoms with van der Waals surface area (Å²) >= 11 is 0. The van der Waals surface area contributed by atoms with Crippen molar-refractivity contribution in [3.63, 3.8) is 0 Å². The SMILES string of the molecule is CC(O)CCO[C@@H]1[C@@H](Cc2ccccc2)COC[C@H](NC(=O)OC(C)(C)C)C(=O)O[C@H]1C.COC(C)CCO[C@@H]1[C@@H](Cc2ccccc2)COC[C@H](NC(=O)OC(C)(C)C)C(=O)O[C@H]1C. The molecule has 0 aliphatic carbocycles. The molecule has 65 heavy (non-hydrogen) atoms. The largest absolute Gasteiger partial charge is 0.458 e. The van der Waals surface area contributed by atoms with Crippen molar-refractivity contribution >= 4 is 24.1 Å². The third-order valence-electron chi connectivity index (χ3n) is 10.4. The molecule has 0 spiro atoms. The molecule has 0 radical (unpaired) electrons. The lowest BCUT2D eigenvalue weighted by molar-refractivity contribution is -0.161. The number of aliphatic hydroxyl groups is 1. The van der Waals surface area contributed by atoms with E-state index in [1.807, 2.05) is 62.4 Å². The van der Waals surface area contributed by atoms with Crippen LogP contribution in [0.2, 0.25) is 0 Å². The van der Waals surface area contributed by atoms with Gasteiger partial charge in [0.1, 0.15) is 23.4 Å². The van der Waals surface area contributed by atoms with Crippen LogP contribution in [0.3, 0.4) is 0 Å². The number of ether oxygens (including phenoxy) is 9. The summed E-state index contributed by atoms with van der Waals surface area (Å²) in [7, 11) is 1.67. The summed E-state index contributed by atoms with van der Waals surface area (Å²) in [6.45, 7) is 19.2. The van der Waals surface area contributed by atoms with Crippen molar-refractivity contribution in [1.82, 2.24) is 10.6 Å². The average molecular weight is 917 g/mol. The van der Waals surface area contributed by atoms with Crippen molar-refractivity contribution in [2.45, 2.75) is 155 Å². The van der Waals surface area contributed by atoms with E-state index in [9.17, 15) is 24.3 Å². The smallest absolute Gasteiger partial charge is 0.408 e. The van der Waals surface area contributed by atoms with Crippen molar-refractivity contribution < 1.29 is 66.9 Å². The zero-order valence-electron chi connectivity index (χ0n) is 40.4. The Morgan fingerprint density at radius 1 is 0.662 bits per heavy atom. The molecule has 2 saturated heterocycles. The minimum atomic E-state index is -0.985. The van der Waals surface area contributed by atoms with Crippen LogP contribution in [-0.4, -0.2) is 136 Å². The predicted octanol–water partition coefficient (Wildman–Crippen LogP) is 6.37. The molecule has 4 rings (SSSR count). The molecule has 16 heteroatoms. The normalized spacial score (nSPS) is 25.4. The number of carbonyl (C=O) groups is 4. The lowest BCUT2D eigenvalue weighted by Gasteiger charge is -2.31. The Morgan fingerprint density at radius 2 is 1.05 bits per heavy atom. The number of alkyl carbamates (subject to hydrolysis) is 2. The lowest BCUT2D eigenvalue weighted by Crippen LogP contribution is -2.47. The van der Waals surface area contributed by atoms with E-state index in [4.69, 9.17) is 42.6 Å². The Bertz CT molecular complexity index is 1700. The van der Waals surface area contributed by atoms with Gasteiger partial charge >= 0.3 is 24.1 Å². The van der Waals surface area contributed by atoms with Gasteiger partial charge in [-0.15, -0.1) is 0 Å². The first-order chi connectivity index (χ1) is 30.6. The number of aliphatic hydroxyl groups excluding tert-OH is 1. The van der Waals surface area contributed by atoms with Crippen LogP contribution in [0, 0.1) is 11.8 Å². The van der Waals surface area contributed by atoms with Crippen molar-refractivity contribution in [2.24, 2.45) is 11.8 Å². The molecule has 2 aromatic carbocycles. The van der Waals surface area contributed by atoms with Crippen LogP contribution in [0.15, 0.2) is 60.7 Å². The second-order valence-corrected chi connectivity index (χ2v) is 18.8. The Morgan fingerprint density at radius 3 is 1.40 bits per heavy atom. The first kappa shape index (κ1) is 55.0. The highest BCUT2D eigenvalue weighted by molar-refractivity contribution is 5.82. The third-order valence-corrected chi connectivity index (χ3v) is 10.4. The number of hydrogen-bond donors (Lipinski definition) is 3. The maximum Gasteiger partial charge on any atom is 0.408 e. The second kappa shape index (κ2) is 27.4. The fourth-order valence-electron chi connectivity index (χ4n) is 7.12. The summed E-state index contributed by atoms with van der Waals surface area (Å²) in [4.78, 5) is 50.0. The summed E-state index contributed by atoms with van der Waals surface area (Å²) in [6.07, 6.45) is -1.18. The summed E-state index contributed by atoms with van der Waals surface area (Å²) in [5.41, 5.74) is 0.891. The Kier molecular flexibility index (Phi) is 23.1. The summed E-state index contributed by atoms with van der Waals surface area (Å²) in [6, 6.07) is 18.1. The number of carbonyl (C=O) groups excluding carboxylic acids is 4. The molecule has 3 N–H and O–H groups in total. The number of amides is 2. The van der Waals surface area contributed by atoms with E-state index >= 15 is 0 Å². The van der Waals surface area contributed by atoms with Crippen LogP contribution in [-0.2, 0) is 65.1 Å². The lowest BCUT2D eigenvalue weighted by atomic mass is 9.91. The minimum absolute atomic E-state index is 0.0104. The quantitative estimate of drug-likeness (QED) is 0.132. The molecule has 2 aromatic rings. The molecule has 2 aliphatic heterocycles. The second-order valence-electron chi connectivity index (χ2n) is 18.8. The molecular weight excluding hydrogens is 841 g/mol. The van der Waals surface area contributed by atoms with E-state index in [-0.39, 0.29) is 37.3 Å². The maximum absolute atomic E-state index is 12.8. The van der Waals surface area contributed by atoms with Gasteiger partial charge in [-0.3, -0.25) is 0 Å². The molecule has 2 aliphatic rings. The van der Waals surface area contributed by atoms with Gasteiger partial charge in [0.2, 0.25) is 0 Å². The van der Waals surface area contributed by atoms with E-state index < -0.39 is 71.8 Å². The van der Waals surface area contributed by atoms with Crippen molar-refractivity contribution in [2.75, 3.05) is 46.8 Å². The number of cyclic esters (lactones) is 2. The van der Waals surface area contributed by atoms with Gasteiger partial charge in [-0.05, 0) is 106 Å². The Hall–Kier alpha value is -4.32. The highest BCUT2D eigenvalue weighted by Crippen LogP contribution is 2.25. The fraction of sp³-hybridized carbons (Fsp3) is 0.673. The molecule has 2 amide bonds. The highest BCUT2D eigenvalue weighted by atomic mass is 16.6. The average Bonchev–Trinajstić information content (AvgIpc) is 3.29. The van der Waals surface area contributed by atoms with Crippen molar-refractivity contribution in [3.8, 4) is 0 Å². The number of rotatable bonds is 15. The molecule has 10 atom stereocenters. The number of nitrogens with one attached hydrogen (secondary N) is 2. The molecule has 0 saturated carbocycles. The van der Waals surface area contributed by atoms with Gasteiger partial charge in [0, 0.05) is 32.2 Å². The van der Waals surface area contributed by atoms with Crippen LogP contribution in [0.4, 0.5) is 9.59 Å². The Balaban J connectivity index is 0.000000345. The summed E-state index contributed by atoms with van der Waals surface area (Å²) in [5, 5.41) is 14.7. The predicted molar refractivity (Wildman–Crippen MR) is 243 cm³/mol. The molecule has 0 aromatic heterocycles. The van der Waals surface area contributed by atoms with E-state index in [1.165, 1.54) is 0 Å². The van der Waals surface area contributed by atoms with E-state index in [1.54, 1.807) is 62.5 Å². The molecular formula is C49H76N2O14. The van der Waals surface area contributed by atoms with E-state index in [2.05, 4.69) is 22.8 Å². The molecule has 0 bridgehead atoms. The van der Waals surface area contributed by atoms with Gasteiger partial charge in [-0.25, -0.2) is 19.2 Å². The van der Waals surface area contributed by atoms with Crippen molar-refractivity contribution in [3.05, 3.63) is 71.8 Å². The molecule has 2 heterocycles. The Labute approximate surface area is 386 Å².